The molecule has 3 heterocycles. The molecule has 0 radical (unpaired) electrons. The zero-order valence-corrected chi connectivity index (χ0v) is 20.4. The van der Waals surface area contributed by atoms with Gasteiger partial charge in [0.1, 0.15) is 11.6 Å². The molecular weight excluding hydrogens is 485 g/mol. The zero-order valence-electron chi connectivity index (χ0n) is 20.4. The molecule has 3 atom stereocenters. The Balaban J connectivity index is 1.24. The molecule has 1 aromatic carbocycles. The third kappa shape index (κ3) is 6.46. The number of rotatable bonds is 7. The summed E-state index contributed by atoms with van der Waals surface area (Å²) in [4.78, 5) is 10.7. The molecule has 0 amide bonds. The first-order valence-corrected chi connectivity index (χ1v) is 12.6. The van der Waals surface area contributed by atoms with E-state index in [1.54, 1.807) is 12.3 Å². The van der Waals surface area contributed by atoms with Crippen molar-refractivity contribution in [3.8, 4) is 17.1 Å². The predicted octanol–water partition coefficient (Wildman–Crippen LogP) is 5.20. The van der Waals surface area contributed by atoms with Gasteiger partial charge >= 0.3 is 6.36 Å². The van der Waals surface area contributed by atoms with Crippen LogP contribution in [0.1, 0.15) is 38.5 Å². The van der Waals surface area contributed by atoms with E-state index in [4.69, 9.17) is 10.2 Å². The molecular formula is C26H31F3N6O2. The van der Waals surface area contributed by atoms with Crippen LogP contribution in [0.5, 0.6) is 5.75 Å². The van der Waals surface area contributed by atoms with Gasteiger partial charge in [0.05, 0.1) is 11.8 Å². The Hall–Kier alpha value is -3.47. The fourth-order valence-corrected chi connectivity index (χ4v) is 5.29. The summed E-state index contributed by atoms with van der Waals surface area (Å²) in [6.45, 7) is 1.86. The van der Waals surface area contributed by atoms with Crippen LogP contribution in [0, 0.1) is 0 Å². The highest BCUT2D eigenvalue weighted by molar-refractivity contribution is 5.65. The lowest BCUT2D eigenvalue weighted by Gasteiger charge is -2.40. The number of nitrogens with one attached hydrogen (secondary N) is 2. The molecule has 1 saturated heterocycles. The summed E-state index contributed by atoms with van der Waals surface area (Å²) < 4.78 is 48.5. The Morgan fingerprint density at radius 1 is 1.03 bits per heavy atom. The number of nitrogens with zero attached hydrogens (tertiary/aromatic N) is 3. The Kier molecular flexibility index (Phi) is 7.40. The number of benzene rings is 1. The lowest BCUT2D eigenvalue weighted by molar-refractivity contribution is -0.274. The highest BCUT2D eigenvalue weighted by atomic mass is 19.4. The van der Waals surface area contributed by atoms with Crippen LogP contribution in [-0.4, -0.2) is 47.5 Å². The van der Waals surface area contributed by atoms with Gasteiger partial charge in [-0.2, -0.15) is 0 Å². The fourth-order valence-electron chi connectivity index (χ4n) is 5.29. The lowest BCUT2D eigenvalue weighted by Crippen LogP contribution is -2.54. The number of hydrogen-bond donors (Lipinski definition) is 3. The average molecular weight is 517 g/mol. The summed E-state index contributed by atoms with van der Waals surface area (Å²) >= 11 is 0. The molecule has 2 aromatic heterocycles. The molecule has 37 heavy (non-hydrogen) atoms. The summed E-state index contributed by atoms with van der Waals surface area (Å²) in [5, 5.41) is 7.24. The number of oxazole rings is 1. The van der Waals surface area contributed by atoms with E-state index >= 15 is 0 Å². The first kappa shape index (κ1) is 25.2. The van der Waals surface area contributed by atoms with Crippen molar-refractivity contribution >= 4 is 17.5 Å². The van der Waals surface area contributed by atoms with Crippen molar-refractivity contribution in [2.75, 3.05) is 29.0 Å². The smallest absolute Gasteiger partial charge is 0.423 e. The second-order valence-corrected chi connectivity index (χ2v) is 9.61. The largest absolute Gasteiger partial charge is 0.573 e. The molecule has 0 spiro atoms. The third-order valence-corrected chi connectivity index (χ3v) is 6.96. The van der Waals surface area contributed by atoms with E-state index in [9.17, 15) is 13.2 Å². The molecule has 2 fully saturated rings. The summed E-state index contributed by atoms with van der Waals surface area (Å²) in [6, 6.07) is 10.7. The van der Waals surface area contributed by atoms with Gasteiger partial charge in [-0.15, -0.1) is 13.2 Å². The van der Waals surface area contributed by atoms with Gasteiger partial charge in [0, 0.05) is 49.2 Å². The SMILES string of the molecule is Nc1cc(N2CCC[C@H](N[C@@H]3CCCC[C@H]3Nc3ncc(-c4ccccc4OC(F)(F)F)o3)C2)ccn1. The predicted molar refractivity (Wildman–Crippen MR) is 135 cm³/mol. The van der Waals surface area contributed by atoms with Gasteiger partial charge in [-0.25, -0.2) is 9.97 Å². The fraction of sp³-hybridized carbons (Fsp3) is 0.462. The topological polar surface area (TPSA) is 101 Å². The van der Waals surface area contributed by atoms with E-state index in [-0.39, 0.29) is 35.2 Å². The lowest BCUT2D eigenvalue weighted by atomic mass is 9.89. The number of nitrogens with two attached hydrogens (primary N) is 1. The number of hydrogen-bond acceptors (Lipinski definition) is 8. The van der Waals surface area contributed by atoms with Gasteiger partial charge in [0.15, 0.2) is 5.76 Å². The van der Waals surface area contributed by atoms with Crippen molar-refractivity contribution in [2.45, 2.75) is 63.0 Å². The zero-order chi connectivity index (χ0) is 25.8. The number of halogens is 3. The molecule has 4 N–H and O–H groups in total. The van der Waals surface area contributed by atoms with Crippen molar-refractivity contribution in [1.82, 2.24) is 15.3 Å². The highest BCUT2D eigenvalue weighted by Gasteiger charge is 2.33. The number of nitrogen functional groups attached to an aromatic ring is 1. The van der Waals surface area contributed by atoms with Crippen molar-refractivity contribution < 1.29 is 22.3 Å². The number of para-hydroxylation sites is 1. The summed E-state index contributed by atoms with van der Waals surface area (Å²) in [6.07, 6.45) is 4.70. The van der Waals surface area contributed by atoms with Gasteiger partial charge < -0.3 is 30.4 Å². The van der Waals surface area contributed by atoms with E-state index in [1.165, 1.54) is 24.4 Å². The van der Waals surface area contributed by atoms with Crippen LogP contribution in [0.3, 0.4) is 0 Å². The molecule has 5 rings (SSSR count). The normalized spacial score (nSPS) is 22.6. The Morgan fingerprint density at radius 2 is 1.84 bits per heavy atom. The second-order valence-electron chi connectivity index (χ2n) is 9.61. The molecule has 2 aliphatic rings. The number of piperidine rings is 1. The van der Waals surface area contributed by atoms with Crippen LogP contribution in [-0.2, 0) is 0 Å². The van der Waals surface area contributed by atoms with Crippen LogP contribution in [0.25, 0.3) is 11.3 Å². The van der Waals surface area contributed by atoms with Crippen LogP contribution >= 0.6 is 0 Å². The van der Waals surface area contributed by atoms with Crippen LogP contribution in [0.4, 0.5) is 30.7 Å². The van der Waals surface area contributed by atoms with E-state index in [2.05, 4.69) is 30.2 Å². The first-order chi connectivity index (χ1) is 17.8. The molecule has 8 nitrogen and oxygen atoms in total. The monoisotopic (exact) mass is 516 g/mol. The molecule has 1 aliphatic carbocycles. The Labute approximate surface area is 213 Å². The first-order valence-electron chi connectivity index (χ1n) is 12.6. The molecule has 1 saturated carbocycles. The molecule has 3 aromatic rings. The average Bonchev–Trinajstić information content (AvgIpc) is 3.33. The minimum absolute atomic E-state index is 0.0915. The molecule has 11 heteroatoms. The van der Waals surface area contributed by atoms with Gasteiger partial charge in [-0.3, -0.25) is 0 Å². The molecule has 0 bridgehead atoms. The maximum absolute atomic E-state index is 12.8. The number of pyridine rings is 1. The maximum Gasteiger partial charge on any atom is 0.573 e. The van der Waals surface area contributed by atoms with Crippen molar-refractivity contribution in [3.63, 3.8) is 0 Å². The number of aromatic nitrogens is 2. The Morgan fingerprint density at radius 3 is 2.65 bits per heavy atom. The quantitative estimate of drug-likeness (QED) is 0.394. The minimum atomic E-state index is -4.79. The summed E-state index contributed by atoms with van der Waals surface area (Å²) in [5.41, 5.74) is 7.16. The number of anilines is 3. The van der Waals surface area contributed by atoms with E-state index in [0.717, 1.165) is 57.3 Å². The summed E-state index contributed by atoms with van der Waals surface area (Å²) in [7, 11) is 0. The summed E-state index contributed by atoms with van der Waals surface area (Å²) in [5.74, 6) is 0.400. The highest BCUT2D eigenvalue weighted by Crippen LogP contribution is 2.35. The Bertz CT molecular complexity index is 1190. The minimum Gasteiger partial charge on any atom is -0.423 e. The molecule has 198 valence electrons. The van der Waals surface area contributed by atoms with Crippen LogP contribution in [0.15, 0.2) is 53.2 Å². The van der Waals surface area contributed by atoms with E-state index in [1.807, 2.05) is 12.1 Å². The van der Waals surface area contributed by atoms with Gasteiger partial charge in [-0.05, 0) is 43.9 Å². The van der Waals surface area contributed by atoms with Crippen molar-refractivity contribution in [1.29, 1.82) is 0 Å². The van der Waals surface area contributed by atoms with Crippen LogP contribution in [0.2, 0.25) is 0 Å². The third-order valence-electron chi connectivity index (χ3n) is 6.96. The van der Waals surface area contributed by atoms with Crippen molar-refractivity contribution in [3.05, 3.63) is 48.8 Å². The van der Waals surface area contributed by atoms with E-state index < -0.39 is 6.36 Å². The van der Waals surface area contributed by atoms with Gasteiger partial charge in [-0.1, -0.05) is 25.0 Å². The molecule has 1 aliphatic heterocycles. The van der Waals surface area contributed by atoms with Gasteiger partial charge in [0.2, 0.25) is 0 Å². The number of ether oxygens (including phenoxy) is 1. The van der Waals surface area contributed by atoms with Gasteiger partial charge in [0.25, 0.3) is 6.01 Å². The maximum atomic E-state index is 12.8. The molecule has 0 unspecified atom stereocenters. The standard InChI is InChI=1S/C26H31F3N6O2/c27-26(28,29)37-22-10-4-1-7-19(22)23-15-32-25(36-23)34-21-9-3-2-8-20(21)33-17-6-5-13-35(16-17)18-11-12-31-24(30)14-18/h1,4,7,10-12,14-15,17,20-21,33H,2-3,5-6,8-9,13,16H2,(H2,30,31)(H,32,34)/t17-,20+,21+/m0/s1. The van der Waals surface area contributed by atoms with Crippen LogP contribution < -0.4 is 26.0 Å². The van der Waals surface area contributed by atoms with E-state index in [0.29, 0.717) is 11.9 Å². The number of alkyl halides is 3. The van der Waals surface area contributed by atoms with Crippen molar-refractivity contribution in [2.24, 2.45) is 0 Å². The second kappa shape index (κ2) is 10.9.